The van der Waals surface area contributed by atoms with Gasteiger partial charge in [0.05, 0.1) is 6.10 Å². The quantitative estimate of drug-likeness (QED) is 0.595. The Morgan fingerprint density at radius 2 is 1.88 bits per heavy atom. The maximum Gasteiger partial charge on any atom is 0.0543 e. The number of aliphatic hydroxyl groups is 1. The van der Waals surface area contributed by atoms with Gasteiger partial charge >= 0.3 is 0 Å². The molecule has 0 radical (unpaired) electrons. The van der Waals surface area contributed by atoms with Crippen LogP contribution in [0.15, 0.2) is 16.8 Å². The zero-order valence-corrected chi connectivity index (χ0v) is 11.8. The number of hydrogen-bond donors (Lipinski definition) is 1. The summed E-state index contributed by atoms with van der Waals surface area (Å²) in [5.74, 6) is 0. The SMILES string of the molecule is CCCCCCCCC(O)CCc1ccsc1. The highest BCUT2D eigenvalue weighted by Crippen LogP contribution is 2.14. The Hall–Kier alpha value is -0.340. The summed E-state index contributed by atoms with van der Waals surface area (Å²) >= 11 is 1.74. The fourth-order valence-corrected chi connectivity index (χ4v) is 2.78. The Morgan fingerprint density at radius 1 is 1.12 bits per heavy atom. The Kier molecular flexibility index (Phi) is 8.37. The average Bonchev–Trinajstić information content (AvgIpc) is 2.84. The molecule has 0 spiro atoms. The molecule has 1 aromatic rings. The van der Waals surface area contributed by atoms with Gasteiger partial charge in [0.25, 0.3) is 0 Å². The molecule has 0 aromatic carbocycles. The van der Waals surface area contributed by atoms with E-state index in [-0.39, 0.29) is 6.10 Å². The molecule has 0 saturated carbocycles. The Morgan fingerprint density at radius 3 is 2.59 bits per heavy atom. The molecule has 0 aliphatic rings. The van der Waals surface area contributed by atoms with Gasteiger partial charge in [-0.25, -0.2) is 0 Å². The average molecular weight is 254 g/mol. The van der Waals surface area contributed by atoms with E-state index in [1.807, 2.05) is 0 Å². The van der Waals surface area contributed by atoms with Crippen LogP contribution in [0.25, 0.3) is 0 Å². The smallest absolute Gasteiger partial charge is 0.0543 e. The summed E-state index contributed by atoms with van der Waals surface area (Å²) in [5, 5.41) is 14.1. The first-order valence-corrected chi connectivity index (χ1v) is 7.96. The van der Waals surface area contributed by atoms with E-state index in [1.165, 1.54) is 44.1 Å². The Labute approximate surface area is 110 Å². The van der Waals surface area contributed by atoms with Crippen molar-refractivity contribution in [3.63, 3.8) is 0 Å². The van der Waals surface area contributed by atoms with Crippen molar-refractivity contribution in [2.24, 2.45) is 0 Å². The second-order valence-electron chi connectivity index (χ2n) is 4.88. The van der Waals surface area contributed by atoms with E-state index in [9.17, 15) is 5.11 Å². The van der Waals surface area contributed by atoms with E-state index in [1.54, 1.807) is 11.3 Å². The topological polar surface area (TPSA) is 20.2 Å². The molecule has 2 heteroatoms. The minimum Gasteiger partial charge on any atom is -0.393 e. The summed E-state index contributed by atoms with van der Waals surface area (Å²) in [6.07, 6.45) is 10.7. The minimum atomic E-state index is -0.0962. The molecule has 0 aliphatic carbocycles. The lowest BCUT2D eigenvalue weighted by atomic mass is 10.0. The maximum absolute atomic E-state index is 9.85. The van der Waals surface area contributed by atoms with Crippen molar-refractivity contribution >= 4 is 11.3 Å². The van der Waals surface area contributed by atoms with Gasteiger partial charge in [0.15, 0.2) is 0 Å². The number of rotatable bonds is 10. The molecular formula is C15H26OS. The summed E-state index contributed by atoms with van der Waals surface area (Å²) in [6.45, 7) is 2.24. The van der Waals surface area contributed by atoms with E-state index >= 15 is 0 Å². The van der Waals surface area contributed by atoms with Crippen LogP contribution < -0.4 is 0 Å². The Bertz CT molecular complexity index is 256. The van der Waals surface area contributed by atoms with Gasteiger partial charge in [-0.3, -0.25) is 0 Å². The second-order valence-corrected chi connectivity index (χ2v) is 5.66. The predicted molar refractivity (Wildman–Crippen MR) is 76.6 cm³/mol. The molecule has 0 aliphatic heterocycles. The Balaban J connectivity index is 1.92. The standard InChI is InChI=1S/C15H26OS/c1-2-3-4-5-6-7-8-15(16)10-9-14-11-12-17-13-14/h11-13,15-16H,2-10H2,1H3. The number of aryl methyl sites for hydroxylation is 1. The largest absolute Gasteiger partial charge is 0.393 e. The molecule has 0 saturated heterocycles. The molecule has 1 unspecified atom stereocenters. The summed E-state index contributed by atoms with van der Waals surface area (Å²) in [4.78, 5) is 0. The first-order valence-electron chi connectivity index (χ1n) is 7.02. The second kappa shape index (κ2) is 9.67. The van der Waals surface area contributed by atoms with Crippen molar-refractivity contribution in [3.05, 3.63) is 22.4 Å². The molecule has 0 fully saturated rings. The molecule has 98 valence electrons. The van der Waals surface area contributed by atoms with Crippen LogP contribution in [-0.2, 0) is 6.42 Å². The molecule has 0 amide bonds. The summed E-state index contributed by atoms with van der Waals surface area (Å²) in [7, 11) is 0. The molecule has 0 bridgehead atoms. The molecule has 17 heavy (non-hydrogen) atoms. The molecule has 1 nitrogen and oxygen atoms in total. The monoisotopic (exact) mass is 254 g/mol. The third-order valence-corrected chi connectivity index (χ3v) is 3.97. The van der Waals surface area contributed by atoms with Crippen LogP contribution in [0.5, 0.6) is 0 Å². The summed E-state index contributed by atoms with van der Waals surface area (Å²) in [6, 6.07) is 2.15. The first kappa shape index (κ1) is 14.7. The molecular weight excluding hydrogens is 228 g/mol. The van der Waals surface area contributed by atoms with Crippen molar-refractivity contribution in [3.8, 4) is 0 Å². The van der Waals surface area contributed by atoms with Crippen LogP contribution in [-0.4, -0.2) is 11.2 Å². The summed E-state index contributed by atoms with van der Waals surface area (Å²) < 4.78 is 0. The molecule has 1 rings (SSSR count). The van der Waals surface area contributed by atoms with Crippen molar-refractivity contribution in [1.29, 1.82) is 0 Å². The van der Waals surface area contributed by atoms with Crippen LogP contribution in [0, 0.1) is 0 Å². The highest BCUT2D eigenvalue weighted by Gasteiger charge is 2.04. The van der Waals surface area contributed by atoms with Crippen LogP contribution in [0.3, 0.4) is 0 Å². The highest BCUT2D eigenvalue weighted by molar-refractivity contribution is 7.07. The van der Waals surface area contributed by atoms with Gasteiger partial charge in [0, 0.05) is 0 Å². The van der Waals surface area contributed by atoms with Crippen molar-refractivity contribution in [1.82, 2.24) is 0 Å². The fourth-order valence-electron chi connectivity index (χ4n) is 2.07. The van der Waals surface area contributed by atoms with Crippen molar-refractivity contribution < 1.29 is 5.11 Å². The van der Waals surface area contributed by atoms with E-state index in [0.717, 1.165) is 19.3 Å². The van der Waals surface area contributed by atoms with Crippen LogP contribution in [0.1, 0.15) is 63.9 Å². The van der Waals surface area contributed by atoms with Crippen molar-refractivity contribution in [2.45, 2.75) is 70.8 Å². The summed E-state index contributed by atoms with van der Waals surface area (Å²) in [5.41, 5.74) is 1.37. The molecule has 1 aromatic heterocycles. The van der Waals surface area contributed by atoms with Crippen LogP contribution in [0.4, 0.5) is 0 Å². The number of aliphatic hydroxyl groups excluding tert-OH is 1. The maximum atomic E-state index is 9.85. The normalized spacial score (nSPS) is 12.8. The lowest BCUT2D eigenvalue weighted by molar-refractivity contribution is 0.151. The van der Waals surface area contributed by atoms with Gasteiger partial charge < -0.3 is 5.11 Å². The zero-order valence-electron chi connectivity index (χ0n) is 11.0. The van der Waals surface area contributed by atoms with E-state index in [2.05, 4.69) is 23.8 Å². The number of hydrogen-bond acceptors (Lipinski definition) is 2. The molecule has 1 atom stereocenters. The van der Waals surface area contributed by atoms with Gasteiger partial charge in [-0.05, 0) is 41.7 Å². The lowest BCUT2D eigenvalue weighted by Crippen LogP contribution is -2.07. The van der Waals surface area contributed by atoms with E-state index in [0.29, 0.717) is 0 Å². The van der Waals surface area contributed by atoms with Gasteiger partial charge in [0.1, 0.15) is 0 Å². The van der Waals surface area contributed by atoms with Gasteiger partial charge in [-0.2, -0.15) is 11.3 Å². The fraction of sp³-hybridized carbons (Fsp3) is 0.733. The lowest BCUT2D eigenvalue weighted by Gasteiger charge is -2.09. The molecule has 1 heterocycles. The number of unbranched alkanes of at least 4 members (excludes halogenated alkanes) is 5. The highest BCUT2D eigenvalue weighted by atomic mass is 32.1. The number of thiophene rings is 1. The predicted octanol–water partition coefficient (Wildman–Crippen LogP) is 4.79. The third kappa shape index (κ3) is 7.56. The zero-order chi connectivity index (χ0) is 12.3. The van der Waals surface area contributed by atoms with Gasteiger partial charge in [0.2, 0.25) is 0 Å². The first-order chi connectivity index (χ1) is 8.33. The molecule has 1 N–H and O–H groups in total. The van der Waals surface area contributed by atoms with E-state index in [4.69, 9.17) is 0 Å². The van der Waals surface area contributed by atoms with Crippen LogP contribution in [0.2, 0.25) is 0 Å². The van der Waals surface area contributed by atoms with Gasteiger partial charge in [-0.1, -0.05) is 45.4 Å². The minimum absolute atomic E-state index is 0.0962. The van der Waals surface area contributed by atoms with Crippen molar-refractivity contribution in [2.75, 3.05) is 0 Å². The van der Waals surface area contributed by atoms with Crippen LogP contribution >= 0.6 is 11.3 Å². The third-order valence-electron chi connectivity index (χ3n) is 3.24. The van der Waals surface area contributed by atoms with E-state index < -0.39 is 0 Å². The van der Waals surface area contributed by atoms with Gasteiger partial charge in [-0.15, -0.1) is 0 Å².